The predicted octanol–water partition coefficient (Wildman–Crippen LogP) is -0.111. The molecule has 0 fully saturated rings. The van der Waals surface area contributed by atoms with Crippen molar-refractivity contribution in [3.63, 3.8) is 0 Å². The third kappa shape index (κ3) is 3.14. The van der Waals surface area contributed by atoms with Gasteiger partial charge in [-0.1, -0.05) is 0 Å². The monoisotopic (exact) mass is 231 g/mol. The second-order valence-corrected chi connectivity index (χ2v) is 4.98. The second-order valence-electron chi connectivity index (χ2n) is 2.86. The van der Waals surface area contributed by atoms with Crippen molar-refractivity contribution >= 4 is 15.8 Å². The molecule has 0 amide bonds. The number of hydrogen-bond acceptors (Lipinski definition) is 5. The van der Waals surface area contributed by atoms with Gasteiger partial charge in [0.1, 0.15) is 0 Å². The molecule has 0 spiro atoms. The van der Waals surface area contributed by atoms with Gasteiger partial charge in [-0.3, -0.25) is 4.31 Å². The van der Waals surface area contributed by atoms with Crippen LogP contribution in [-0.2, 0) is 14.8 Å². The Hall–Kier alpha value is -1.21. The van der Waals surface area contributed by atoms with Crippen LogP contribution >= 0.6 is 0 Å². The fourth-order valence-corrected chi connectivity index (χ4v) is 1.96. The van der Waals surface area contributed by atoms with Crippen LogP contribution in [0.5, 0.6) is 0 Å². The van der Waals surface area contributed by atoms with Crippen molar-refractivity contribution < 1.29 is 13.2 Å². The van der Waals surface area contributed by atoms with Crippen molar-refractivity contribution in [3.8, 4) is 0 Å². The van der Waals surface area contributed by atoms with Gasteiger partial charge in [-0.25, -0.2) is 8.42 Å². The number of ether oxygens (including phenoxy) is 1. The van der Waals surface area contributed by atoms with E-state index in [1.807, 2.05) is 0 Å². The molecular formula is C8H13N3O3S. The standard InChI is InChI=1S/C8H13N3O3S/c1-11(8-4-3-5-9-10-8)15(12,13)7-6-14-2/h3-5H,6-7H2,1-2H3. The van der Waals surface area contributed by atoms with Gasteiger partial charge in [0.15, 0.2) is 5.82 Å². The molecule has 0 saturated heterocycles. The number of nitrogens with zero attached hydrogens (tertiary/aromatic N) is 3. The smallest absolute Gasteiger partial charge is 0.238 e. The van der Waals surface area contributed by atoms with Gasteiger partial charge in [0.25, 0.3) is 0 Å². The summed E-state index contributed by atoms with van der Waals surface area (Å²) >= 11 is 0. The Balaban J connectivity index is 2.80. The second kappa shape index (κ2) is 5.04. The molecule has 0 saturated carbocycles. The van der Waals surface area contributed by atoms with E-state index in [1.165, 1.54) is 20.4 Å². The average Bonchev–Trinajstić information content (AvgIpc) is 2.26. The summed E-state index contributed by atoms with van der Waals surface area (Å²) < 4.78 is 29.2. The fourth-order valence-electron chi connectivity index (χ4n) is 0.929. The summed E-state index contributed by atoms with van der Waals surface area (Å²) in [5.74, 6) is 0.227. The Labute approximate surface area is 88.9 Å². The van der Waals surface area contributed by atoms with Crippen molar-refractivity contribution in [1.29, 1.82) is 0 Å². The van der Waals surface area contributed by atoms with Crippen molar-refractivity contribution in [2.75, 3.05) is 30.8 Å². The molecular weight excluding hydrogens is 218 g/mol. The first-order valence-electron chi connectivity index (χ1n) is 4.31. The van der Waals surface area contributed by atoms with E-state index in [9.17, 15) is 8.42 Å². The summed E-state index contributed by atoms with van der Waals surface area (Å²) in [7, 11) is -0.474. The molecule has 1 aromatic heterocycles. The van der Waals surface area contributed by atoms with E-state index in [4.69, 9.17) is 4.74 Å². The Kier molecular flexibility index (Phi) is 3.98. The van der Waals surface area contributed by atoms with E-state index in [2.05, 4.69) is 10.2 Å². The number of methoxy groups -OCH3 is 1. The summed E-state index contributed by atoms with van der Waals surface area (Å²) in [4.78, 5) is 0. The Morgan fingerprint density at radius 3 is 2.80 bits per heavy atom. The lowest BCUT2D eigenvalue weighted by molar-refractivity contribution is 0.217. The van der Waals surface area contributed by atoms with E-state index in [0.29, 0.717) is 5.82 Å². The van der Waals surface area contributed by atoms with Crippen LogP contribution in [0.15, 0.2) is 18.3 Å². The minimum absolute atomic E-state index is 0.0728. The maximum absolute atomic E-state index is 11.7. The van der Waals surface area contributed by atoms with Gasteiger partial charge in [-0.15, -0.1) is 5.10 Å². The van der Waals surface area contributed by atoms with E-state index in [1.54, 1.807) is 12.1 Å². The molecule has 6 nitrogen and oxygen atoms in total. The SMILES string of the molecule is COCCS(=O)(=O)N(C)c1cccnn1. The third-order valence-electron chi connectivity index (χ3n) is 1.84. The average molecular weight is 231 g/mol. The van der Waals surface area contributed by atoms with Crippen molar-refractivity contribution in [2.45, 2.75) is 0 Å². The number of sulfonamides is 1. The van der Waals surface area contributed by atoms with Crippen molar-refractivity contribution in [2.24, 2.45) is 0 Å². The summed E-state index contributed by atoms with van der Waals surface area (Å²) in [6.45, 7) is 0.160. The van der Waals surface area contributed by atoms with Crippen LogP contribution in [0.1, 0.15) is 0 Å². The Morgan fingerprint density at radius 1 is 1.53 bits per heavy atom. The van der Waals surface area contributed by atoms with Crippen LogP contribution < -0.4 is 4.31 Å². The number of rotatable bonds is 5. The summed E-state index contributed by atoms with van der Waals surface area (Å²) in [6, 6.07) is 3.21. The van der Waals surface area contributed by atoms with Crippen LogP contribution in [0.2, 0.25) is 0 Å². The van der Waals surface area contributed by atoms with Crippen LogP contribution in [-0.4, -0.2) is 45.1 Å². The number of aromatic nitrogens is 2. The highest BCUT2D eigenvalue weighted by Gasteiger charge is 2.18. The highest BCUT2D eigenvalue weighted by atomic mass is 32.2. The molecule has 1 aromatic rings. The van der Waals surface area contributed by atoms with Crippen LogP contribution in [0, 0.1) is 0 Å². The summed E-state index contributed by atoms with van der Waals surface area (Å²) in [5.41, 5.74) is 0. The predicted molar refractivity (Wildman–Crippen MR) is 56.1 cm³/mol. The lowest BCUT2D eigenvalue weighted by atomic mass is 10.5. The first-order valence-corrected chi connectivity index (χ1v) is 5.92. The molecule has 0 aliphatic heterocycles. The molecule has 1 heterocycles. The van der Waals surface area contributed by atoms with Gasteiger partial charge in [-0.2, -0.15) is 5.10 Å². The normalized spacial score (nSPS) is 11.3. The third-order valence-corrected chi connectivity index (χ3v) is 3.55. The molecule has 0 aliphatic rings. The summed E-state index contributed by atoms with van der Waals surface area (Å²) in [5, 5.41) is 7.32. The van der Waals surface area contributed by atoms with Crippen LogP contribution in [0.4, 0.5) is 5.82 Å². The van der Waals surface area contributed by atoms with Gasteiger partial charge in [0.2, 0.25) is 10.0 Å². The topological polar surface area (TPSA) is 72.4 Å². The van der Waals surface area contributed by atoms with Gasteiger partial charge in [-0.05, 0) is 12.1 Å². The van der Waals surface area contributed by atoms with E-state index in [0.717, 1.165) is 4.31 Å². The minimum atomic E-state index is -3.37. The maximum atomic E-state index is 11.7. The zero-order valence-corrected chi connectivity index (χ0v) is 9.44. The number of anilines is 1. The van der Waals surface area contributed by atoms with Gasteiger partial charge in [0.05, 0.1) is 12.4 Å². The molecule has 7 heteroatoms. The largest absolute Gasteiger partial charge is 0.384 e. The highest BCUT2D eigenvalue weighted by molar-refractivity contribution is 7.92. The van der Waals surface area contributed by atoms with Crippen LogP contribution in [0.25, 0.3) is 0 Å². The molecule has 0 aromatic carbocycles. The quantitative estimate of drug-likeness (QED) is 0.707. The van der Waals surface area contributed by atoms with E-state index >= 15 is 0 Å². The molecule has 0 radical (unpaired) electrons. The first kappa shape index (κ1) is 11.9. The van der Waals surface area contributed by atoms with Gasteiger partial charge >= 0.3 is 0 Å². The van der Waals surface area contributed by atoms with E-state index in [-0.39, 0.29) is 12.4 Å². The lowest BCUT2D eigenvalue weighted by Crippen LogP contribution is -2.31. The molecule has 15 heavy (non-hydrogen) atoms. The molecule has 0 N–H and O–H groups in total. The molecule has 0 bridgehead atoms. The minimum Gasteiger partial charge on any atom is -0.384 e. The van der Waals surface area contributed by atoms with Crippen molar-refractivity contribution in [1.82, 2.24) is 10.2 Å². The zero-order valence-electron chi connectivity index (χ0n) is 8.62. The molecule has 1 rings (SSSR count). The first-order chi connectivity index (χ1) is 7.08. The molecule has 84 valence electrons. The maximum Gasteiger partial charge on any atom is 0.238 e. The highest BCUT2D eigenvalue weighted by Crippen LogP contribution is 2.10. The van der Waals surface area contributed by atoms with Crippen LogP contribution in [0.3, 0.4) is 0 Å². The Bertz CT molecular complexity index is 393. The van der Waals surface area contributed by atoms with Gasteiger partial charge in [0, 0.05) is 20.4 Å². The lowest BCUT2D eigenvalue weighted by Gasteiger charge is -2.16. The van der Waals surface area contributed by atoms with Crippen molar-refractivity contribution in [3.05, 3.63) is 18.3 Å². The van der Waals surface area contributed by atoms with E-state index < -0.39 is 10.0 Å². The Morgan fingerprint density at radius 2 is 2.27 bits per heavy atom. The fraction of sp³-hybridized carbons (Fsp3) is 0.500. The molecule has 0 aliphatic carbocycles. The molecule has 0 unspecified atom stereocenters. The molecule has 0 atom stereocenters. The number of hydrogen-bond donors (Lipinski definition) is 0. The zero-order chi connectivity index (χ0) is 11.3. The summed E-state index contributed by atoms with van der Waals surface area (Å²) in [6.07, 6.45) is 1.49. The van der Waals surface area contributed by atoms with Gasteiger partial charge < -0.3 is 4.74 Å².